The fraction of sp³-hybridized carbons (Fsp3) is 0.571. The molecule has 0 saturated carbocycles. The third-order valence-corrected chi connectivity index (χ3v) is 17.7. The van der Waals surface area contributed by atoms with Crippen LogP contribution in [0.1, 0.15) is 0 Å². The predicted molar refractivity (Wildman–Crippen MR) is 156 cm³/mol. The van der Waals surface area contributed by atoms with Crippen LogP contribution in [0, 0.1) is 0 Å². The predicted octanol–water partition coefficient (Wildman–Crippen LogP) is 9.84. The molecule has 0 bridgehead atoms. The van der Waals surface area contributed by atoms with Crippen LogP contribution in [0.15, 0.2) is 25.4 Å². The van der Waals surface area contributed by atoms with E-state index >= 15 is 0 Å². The Morgan fingerprint density at radius 3 is 0.885 bits per heavy atom. The monoisotopic (exact) mass is 756 g/mol. The third-order valence-electron chi connectivity index (χ3n) is 2.48. The van der Waals surface area contributed by atoms with Crippen LogP contribution in [0.5, 0.6) is 0 Å². The van der Waals surface area contributed by atoms with E-state index in [1.807, 2.05) is 94.1 Å². The van der Waals surface area contributed by atoms with Gasteiger partial charge in [-0.1, -0.05) is 111 Å². The van der Waals surface area contributed by atoms with Crippen LogP contribution in [-0.2, 0) is 0 Å². The summed E-state index contributed by atoms with van der Waals surface area (Å²) >= 11 is 30.1. The summed E-state index contributed by atoms with van der Waals surface area (Å²) in [7, 11) is 0. The summed E-state index contributed by atoms with van der Waals surface area (Å²) in [5, 5.41) is 4.17. The molecule has 2 aliphatic heterocycles. The molecule has 0 saturated heterocycles. The molecule has 26 heavy (non-hydrogen) atoms. The number of thioether (sulfide) groups is 8. The zero-order chi connectivity index (χ0) is 18.8. The van der Waals surface area contributed by atoms with Crippen LogP contribution in [0.25, 0.3) is 0 Å². The van der Waals surface area contributed by atoms with Crippen molar-refractivity contribution in [2.24, 2.45) is 0 Å². The van der Waals surface area contributed by atoms with Crippen molar-refractivity contribution in [2.75, 3.05) is 44.3 Å². The number of hydrogen-bond donors (Lipinski definition) is 0. The minimum absolute atomic E-state index is 1.04. The fourth-order valence-corrected chi connectivity index (χ4v) is 14.7. The Morgan fingerprint density at radius 1 is 0.462 bits per heavy atom. The van der Waals surface area contributed by atoms with E-state index in [9.17, 15) is 0 Å². The van der Waals surface area contributed by atoms with Crippen molar-refractivity contribution in [3.63, 3.8) is 0 Å². The molecule has 2 aliphatic rings. The summed E-state index contributed by atoms with van der Waals surface area (Å²) in [6.45, 7) is 0. The van der Waals surface area contributed by atoms with Crippen LogP contribution < -0.4 is 0 Å². The van der Waals surface area contributed by atoms with Crippen molar-refractivity contribution in [2.45, 2.75) is 0 Å². The fourth-order valence-electron chi connectivity index (χ4n) is 1.59. The van der Waals surface area contributed by atoms with Crippen molar-refractivity contribution in [3.05, 3.63) is 25.4 Å². The van der Waals surface area contributed by atoms with Crippen LogP contribution in [0.4, 0.5) is 0 Å². The van der Waals surface area contributed by atoms with E-state index in [2.05, 4.69) is 63.7 Å². The molecule has 148 valence electrons. The summed E-state index contributed by atoms with van der Waals surface area (Å²) in [6, 6.07) is 0. The van der Waals surface area contributed by atoms with Crippen LogP contribution >= 0.6 is 158 Å². The van der Waals surface area contributed by atoms with Crippen molar-refractivity contribution in [3.8, 4) is 0 Å². The van der Waals surface area contributed by atoms with Gasteiger partial charge in [0.1, 0.15) is 0 Å². The van der Waals surface area contributed by atoms with Gasteiger partial charge in [0.05, 0.1) is 25.4 Å². The second-order valence-corrected chi connectivity index (χ2v) is 17.5. The lowest BCUT2D eigenvalue weighted by molar-refractivity contribution is 1.59. The van der Waals surface area contributed by atoms with Gasteiger partial charge in [-0.05, 0) is 0 Å². The molecule has 0 nitrogen and oxygen atoms in total. The third kappa shape index (κ3) is 8.82. The number of rotatable bonds is 12. The van der Waals surface area contributed by atoms with Gasteiger partial charge < -0.3 is 0 Å². The Labute approximate surface area is 224 Å². The molecule has 0 spiro atoms. The van der Waals surface area contributed by atoms with E-state index in [-0.39, 0.29) is 0 Å². The first-order chi connectivity index (χ1) is 12.7. The molecular weight excluding hydrogens is 744 g/mol. The SMILES string of the molecule is BrCCSC1=C(SCCBr)SC(=C2SC(SCCBr)=C(SCCBr)S2)S1. The maximum atomic E-state index is 3.56. The molecule has 0 aromatic rings. The van der Waals surface area contributed by atoms with Gasteiger partial charge >= 0.3 is 0 Å². The van der Waals surface area contributed by atoms with Gasteiger partial charge in [-0.15, -0.1) is 47.0 Å². The van der Waals surface area contributed by atoms with Crippen LogP contribution in [0.3, 0.4) is 0 Å². The molecule has 0 atom stereocenters. The Morgan fingerprint density at radius 2 is 0.692 bits per heavy atom. The zero-order valence-electron chi connectivity index (χ0n) is 13.4. The largest absolute Gasteiger partial charge is 0.116 e. The van der Waals surface area contributed by atoms with Gasteiger partial charge in [0.2, 0.25) is 0 Å². The van der Waals surface area contributed by atoms with Gasteiger partial charge in [0.15, 0.2) is 0 Å². The smallest absolute Gasteiger partial charge is 0.0717 e. The Balaban J connectivity index is 2.08. The van der Waals surface area contributed by atoms with E-state index in [0.717, 1.165) is 44.3 Å². The minimum atomic E-state index is 1.04. The van der Waals surface area contributed by atoms with Gasteiger partial charge in [-0.25, -0.2) is 0 Å². The second kappa shape index (κ2) is 15.7. The molecule has 0 aromatic carbocycles. The molecular formula is C14H16Br4S8. The molecule has 2 rings (SSSR count). The lowest BCUT2D eigenvalue weighted by Crippen LogP contribution is -1.80. The molecule has 0 radical (unpaired) electrons. The lowest BCUT2D eigenvalue weighted by Gasteiger charge is -2.02. The lowest BCUT2D eigenvalue weighted by atomic mass is 11.0. The molecule has 0 amide bonds. The van der Waals surface area contributed by atoms with E-state index in [4.69, 9.17) is 0 Å². The van der Waals surface area contributed by atoms with Gasteiger partial charge in [0.25, 0.3) is 0 Å². The molecule has 0 fully saturated rings. The second-order valence-electron chi connectivity index (χ2n) is 4.28. The molecule has 0 aromatic heterocycles. The number of alkyl halides is 4. The Kier molecular flexibility index (Phi) is 15.8. The van der Waals surface area contributed by atoms with Gasteiger partial charge in [-0.2, -0.15) is 0 Å². The summed E-state index contributed by atoms with van der Waals surface area (Å²) in [4.78, 5) is 0. The van der Waals surface area contributed by atoms with Crippen LogP contribution in [-0.4, -0.2) is 44.3 Å². The van der Waals surface area contributed by atoms with E-state index in [1.165, 1.54) is 25.4 Å². The van der Waals surface area contributed by atoms with Crippen molar-refractivity contribution >= 4 is 158 Å². The van der Waals surface area contributed by atoms with Crippen molar-refractivity contribution in [1.82, 2.24) is 0 Å². The van der Waals surface area contributed by atoms with E-state index in [1.54, 1.807) is 0 Å². The average Bonchev–Trinajstić information content (AvgIpc) is 3.25. The highest BCUT2D eigenvalue weighted by Crippen LogP contribution is 2.66. The Hall–Kier alpha value is 3.94. The van der Waals surface area contributed by atoms with Crippen molar-refractivity contribution in [1.29, 1.82) is 0 Å². The van der Waals surface area contributed by atoms with Crippen molar-refractivity contribution < 1.29 is 0 Å². The topological polar surface area (TPSA) is 0 Å². The maximum Gasteiger partial charge on any atom is 0.0717 e. The average molecular weight is 760 g/mol. The number of hydrogen-bond acceptors (Lipinski definition) is 8. The van der Waals surface area contributed by atoms with Gasteiger partial charge in [-0.3, -0.25) is 0 Å². The summed E-state index contributed by atoms with van der Waals surface area (Å²) in [5.74, 6) is 4.50. The van der Waals surface area contributed by atoms with Gasteiger partial charge in [0, 0.05) is 44.3 Å². The van der Waals surface area contributed by atoms with E-state index < -0.39 is 0 Å². The zero-order valence-corrected chi connectivity index (χ0v) is 26.3. The highest BCUT2D eigenvalue weighted by atomic mass is 79.9. The molecule has 0 unspecified atom stereocenters. The Bertz CT molecular complexity index is 471. The first kappa shape index (κ1) is 26.2. The summed E-state index contributed by atoms with van der Waals surface area (Å²) in [5.41, 5.74) is 0. The normalized spacial score (nSPS) is 18.0. The van der Waals surface area contributed by atoms with E-state index in [0.29, 0.717) is 0 Å². The molecule has 2 heterocycles. The molecule has 0 N–H and O–H groups in total. The molecule has 0 aliphatic carbocycles. The maximum absolute atomic E-state index is 3.56. The first-order valence-corrected chi connectivity index (χ1v) is 19.1. The number of halogens is 4. The minimum Gasteiger partial charge on any atom is -0.116 e. The quantitative estimate of drug-likeness (QED) is 0.178. The van der Waals surface area contributed by atoms with Crippen LogP contribution in [0.2, 0.25) is 0 Å². The highest BCUT2D eigenvalue weighted by molar-refractivity contribution is 9.09. The molecule has 12 heteroatoms. The standard InChI is InChI=1S/C14H16Br4S8/c15-1-5-19-9-10(20-6-2-16)24-13(23-9)14-25-11(21-7-3-17)12(26-14)22-8-4-18/h1-8H2. The summed E-state index contributed by atoms with van der Waals surface area (Å²) in [6.07, 6.45) is 0. The first-order valence-electron chi connectivity index (χ1n) is 7.42. The highest BCUT2D eigenvalue weighted by Gasteiger charge is 2.30. The summed E-state index contributed by atoms with van der Waals surface area (Å²) < 4.78 is 8.89.